The van der Waals surface area contributed by atoms with Gasteiger partial charge in [0.05, 0.1) is 0 Å². The van der Waals surface area contributed by atoms with Gasteiger partial charge in [0, 0.05) is 24.2 Å². The number of hydrogen-bond acceptors (Lipinski definition) is 3. The number of likely N-dealkylation sites (tertiary alicyclic amines) is 1. The van der Waals surface area contributed by atoms with Crippen molar-refractivity contribution in [3.63, 3.8) is 0 Å². The maximum absolute atomic E-state index is 6.23. The molecule has 1 heterocycles. The smallest absolute Gasteiger partial charge is 0.0358 e. The summed E-state index contributed by atoms with van der Waals surface area (Å²) in [6.07, 6.45) is 7.99. The Labute approximate surface area is 119 Å². The van der Waals surface area contributed by atoms with E-state index in [1.165, 1.54) is 45.1 Å². The highest BCUT2D eigenvalue weighted by atomic mass is 15.3. The van der Waals surface area contributed by atoms with Crippen molar-refractivity contribution in [1.82, 2.24) is 9.80 Å². The minimum atomic E-state index is 0.244. The highest BCUT2D eigenvalue weighted by Crippen LogP contribution is 2.36. The lowest BCUT2D eigenvalue weighted by molar-refractivity contribution is -0.0129. The number of nitrogens with two attached hydrogens (primary N) is 1. The van der Waals surface area contributed by atoms with Crippen molar-refractivity contribution < 1.29 is 0 Å². The first kappa shape index (κ1) is 15.3. The third-order valence-electron chi connectivity index (χ3n) is 5.94. The molecule has 0 aromatic rings. The molecule has 1 saturated carbocycles. The summed E-state index contributed by atoms with van der Waals surface area (Å²) in [6.45, 7) is 6.75. The van der Waals surface area contributed by atoms with Gasteiger partial charge in [0.1, 0.15) is 0 Å². The summed E-state index contributed by atoms with van der Waals surface area (Å²) in [4.78, 5) is 5.15. The standard InChI is InChI=1S/C16H33N3/c1-13-6-5-7-15(10-13)19(4)16(12-17)8-9-18(3)14(2)11-16/h13-15H,5-12,17H2,1-4H3. The molecule has 2 aliphatic rings. The predicted molar refractivity (Wildman–Crippen MR) is 82.3 cm³/mol. The van der Waals surface area contributed by atoms with E-state index in [1.807, 2.05) is 0 Å². The van der Waals surface area contributed by atoms with Crippen LogP contribution in [0.4, 0.5) is 0 Å². The Morgan fingerprint density at radius 1 is 1.32 bits per heavy atom. The van der Waals surface area contributed by atoms with Crippen molar-refractivity contribution in [3.05, 3.63) is 0 Å². The molecule has 3 nitrogen and oxygen atoms in total. The molecule has 0 amide bonds. The molecule has 1 aliphatic heterocycles. The van der Waals surface area contributed by atoms with Crippen LogP contribution in [0.1, 0.15) is 52.4 Å². The quantitative estimate of drug-likeness (QED) is 0.852. The summed E-state index contributed by atoms with van der Waals surface area (Å²) < 4.78 is 0. The average Bonchev–Trinajstić information content (AvgIpc) is 2.41. The second-order valence-corrected chi connectivity index (χ2v) is 7.25. The van der Waals surface area contributed by atoms with Gasteiger partial charge >= 0.3 is 0 Å². The van der Waals surface area contributed by atoms with Crippen LogP contribution in [0.3, 0.4) is 0 Å². The second-order valence-electron chi connectivity index (χ2n) is 7.25. The minimum Gasteiger partial charge on any atom is -0.329 e. The van der Waals surface area contributed by atoms with E-state index < -0.39 is 0 Å². The van der Waals surface area contributed by atoms with Gasteiger partial charge in [0.25, 0.3) is 0 Å². The lowest BCUT2D eigenvalue weighted by Gasteiger charge is -2.52. The lowest BCUT2D eigenvalue weighted by atomic mass is 9.78. The summed E-state index contributed by atoms with van der Waals surface area (Å²) in [5.74, 6) is 0.889. The predicted octanol–water partition coefficient (Wildman–Crippen LogP) is 2.31. The molecule has 2 N–H and O–H groups in total. The Hall–Kier alpha value is -0.120. The summed E-state index contributed by atoms with van der Waals surface area (Å²) in [5, 5.41) is 0. The average molecular weight is 267 g/mol. The molecule has 0 bridgehead atoms. The molecule has 1 aliphatic carbocycles. The minimum absolute atomic E-state index is 0.244. The molecule has 2 rings (SSSR count). The first-order valence-corrected chi connectivity index (χ1v) is 8.12. The van der Waals surface area contributed by atoms with Crippen molar-refractivity contribution in [2.75, 3.05) is 27.2 Å². The van der Waals surface area contributed by atoms with Gasteiger partial charge in [0.15, 0.2) is 0 Å². The Bertz CT molecular complexity index is 294. The molecule has 19 heavy (non-hydrogen) atoms. The molecular formula is C16H33N3. The monoisotopic (exact) mass is 267 g/mol. The van der Waals surface area contributed by atoms with E-state index in [4.69, 9.17) is 5.73 Å². The Balaban J connectivity index is 2.07. The summed E-state index contributed by atoms with van der Waals surface area (Å²) in [6, 6.07) is 1.41. The van der Waals surface area contributed by atoms with E-state index in [0.29, 0.717) is 6.04 Å². The number of nitrogens with zero attached hydrogens (tertiary/aromatic N) is 2. The molecule has 4 unspecified atom stereocenters. The second kappa shape index (κ2) is 6.11. The van der Waals surface area contributed by atoms with E-state index in [2.05, 4.69) is 37.7 Å². The van der Waals surface area contributed by atoms with Gasteiger partial charge in [-0.1, -0.05) is 19.8 Å². The van der Waals surface area contributed by atoms with Gasteiger partial charge in [-0.3, -0.25) is 4.90 Å². The van der Waals surface area contributed by atoms with Crippen LogP contribution in [-0.2, 0) is 0 Å². The molecule has 0 spiro atoms. The van der Waals surface area contributed by atoms with Gasteiger partial charge in [-0.2, -0.15) is 0 Å². The van der Waals surface area contributed by atoms with E-state index in [9.17, 15) is 0 Å². The summed E-state index contributed by atoms with van der Waals surface area (Å²) >= 11 is 0. The van der Waals surface area contributed by atoms with Crippen molar-refractivity contribution in [2.24, 2.45) is 11.7 Å². The maximum Gasteiger partial charge on any atom is 0.0358 e. The summed E-state index contributed by atoms with van der Waals surface area (Å²) in [5.41, 5.74) is 6.47. The first-order chi connectivity index (χ1) is 8.98. The van der Waals surface area contributed by atoms with Gasteiger partial charge in [-0.15, -0.1) is 0 Å². The molecule has 2 fully saturated rings. The molecule has 0 aromatic heterocycles. The number of likely N-dealkylation sites (N-methyl/N-ethyl adjacent to an activating group) is 1. The molecule has 0 radical (unpaired) electrons. The third-order valence-corrected chi connectivity index (χ3v) is 5.94. The van der Waals surface area contributed by atoms with E-state index in [1.54, 1.807) is 0 Å². The zero-order valence-corrected chi connectivity index (χ0v) is 13.4. The topological polar surface area (TPSA) is 32.5 Å². The van der Waals surface area contributed by atoms with Crippen LogP contribution in [0, 0.1) is 5.92 Å². The first-order valence-electron chi connectivity index (χ1n) is 8.12. The molecule has 0 aromatic carbocycles. The van der Waals surface area contributed by atoms with Gasteiger partial charge in [-0.25, -0.2) is 0 Å². The third kappa shape index (κ3) is 3.14. The van der Waals surface area contributed by atoms with Crippen molar-refractivity contribution in [2.45, 2.75) is 70.0 Å². The van der Waals surface area contributed by atoms with E-state index in [0.717, 1.165) is 18.5 Å². The molecule has 4 atom stereocenters. The largest absolute Gasteiger partial charge is 0.329 e. The fourth-order valence-electron chi connectivity index (χ4n) is 4.20. The number of hydrogen-bond donors (Lipinski definition) is 1. The fourth-order valence-corrected chi connectivity index (χ4v) is 4.20. The molecule has 1 saturated heterocycles. The lowest BCUT2D eigenvalue weighted by Crippen LogP contribution is -2.62. The van der Waals surface area contributed by atoms with Crippen LogP contribution in [0.25, 0.3) is 0 Å². The van der Waals surface area contributed by atoms with Gasteiger partial charge in [-0.05, 0) is 59.2 Å². The van der Waals surface area contributed by atoms with Crippen LogP contribution in [-0.4, -0.2) is 54.6 Å². The van der Waals surface area contributed by atoms with Crippen LogP contribution < -0.4 is 5.73 Å². The molecular weight excluding hydrogens is 234 g/mol. The highest BCUT2D eigenvalue weighted by Gasteiger charge is 2.42. The Kier molecular flexibility index (Phi) is 4.91. The van der Waals surface area contributed by atoms with Crippen LogP contribution in [0.15, 0.2) is 0 Å². The zero-order valence-electron chi connectivity index (χ0n) is 13.4. The maximum atomic E-state index is 6.23. The molecule has 112 valence electrons. The van der Waals surface area contributed by atoms with Gasteiger partial charge < -0.3 is 10.6 Å². The van der Waals surface area contributed by atoms with Crippen molar-refractivity contribution in [1.29, 1.82) is 0 Å². The van der Waals surface area contributed by atoms with E-state index >= 15 is 0 Å². The SMILES string of the molecule is CC1CCCC(N(C)C2(CN)CCN(C)C(C)C2)C1. The van der Waals surface area contributed by atoms with Crippen LogP contribution in [0.2, 0.25) is 0 Å². The van der Waals surface area contributed by atoms with Crippen LogP contribution >= 0.6 is 0 Å². The van der Waals surface area contributed by atoms with E-state index in [-0.39, 0.29) is 5.54 Å². The van der Waals surface area contributed by atoms with Gasteiger partial charge in [0.2, 0.25) is 0 Å². The van der Waals surface area contributed by atoms with Crippen molar-refractivity contribution in [3.8, 4) is 0 Å². The number of piperidine rings is 1. The highest BCUT2D eigenvalue weighted by molar-refractivity contribution is 5.00. The van der Waals surface area contributed by atoms with Crippen LogP contribution in [0.5, 0.6) is 0 Å². The normalized spacial score (nSPS) is 41.7. The fraction of sp³-hybridized carbons (Fsp3) is 1.00. The Morgan fingerprint density at radius 3 is 2.63 bits per heavy atom. The summed E-state index contributed by atoms with van der Waals surface area (Å²) in [7, 11) is 4.58. The number of rotatable bonds is 3. The molecule has 3 heteroatoms. The zero-order chi connectivity index (χ0) is 14.0. The van der Waals surface area contributed by atoms with Crippen molar-refractivity contribution >= 4 is 0 Å². The Morgan fingerprint density at radius 2 is 2.05 bits per heavy atom.